The van der Waals surface area contributed by atoms with Crippen LogP contribution in [0.5, 0.6) is 0 Å². The van der Waals surface area contributed by atoms with Gasteiger partial charge in [0, 0.05) is 17.5 Å². The summed E-state index contributed by atoms with van der Waals surface area (Å²) in [7, 11) is 0. The van der Waals surface area contributed by atoms with E-state index in [0.717, 1.165) is 16.3 Å². The van der Waals surface area contributed by atoms with Gasteiger partial charge in [0.15, 0.2) is 0 Å². The van der Waals surface area contributed by atoms with Crippen molar-refractivity contribution >= 4 is 11.3 Å². The molecule has 0 saturated carbocycles. The van der Waals surface area contributed by atoms with Crippen LogP contribution < -0.4 is 5.32 Å². The van der Waals surface area contributed by atoms with Crippen molar-refractivity contribution in [3.63, 3.8) is 0 Å². The molecule has 2 aromatic rings. The lowest BCUT2D eigenvalue weighted by atomic mass is 9.96. The highest BCUT2D eigenvalue weighted by atomic mass is 32.1. The molecule has 2 rings (SSSR count). The average Bonchev–Trinajstić information content (AvgIpc) is 2.76. The molecule has 4 heteroatoms. The summed E-state index contributed by atoms with van der Waals surface area (Å²) < 4.78 is 0. The van der Waals surface area contributed by atoms with Gasteiger partial charge >= 0.3 is 0 Å². The highest BCUT2D eigenvalue weighted by Crippen LogP contribution is 2.26. The zero-order valence-electron chi connectivity index (χ0n) is 12.5. The first kappa shape index (κ1) is 15.2. The van der Waals surface area contributed by atoms with Crippen LogP contribution in [-0.2, 0) is 5.60 Å². The molecule has 0 aliphatic carbocycles. The minimum atomic E-state index is -0.872. The third-order valence-corrected chi connectivity index (χ3v) is 4.74. The Kier molecular flexibility index (Phi) is 4.58. The standard InChI is InChI=1S/C16H22N2OS/c1-11(15-12(2)18-13(3)20-15)17-10-16(4,19)14-8-6-5-7-9-14/h5-9,11,17,19H,10H2,1-4H3. The minimum Gasteiger partial charge on any atom is -0.384 e. The first-order valence-electron chi connectivity index (χ1n) is 6.85. The second-order valence-corrected chi connectivity index (χ2v) is 6.66. The van der Waals surface area contributed by atoms with E-state index in [1.54, 1.807) is 11.3 Å². The van der Waals surface area contributed by atoms with Crippen molar-refractivity contribution in [2.75, 3.05) is 6.54 Å². The molecule has 2 N–H and O–H groups in total. The van der Waals surface area contributed by atoms with Gasteiger partial charge in [-0.25, -0.2) is 4.98 Å². The monoisotopic (exact) mass is 290 g/mol. The number of aromatic nitrogens is 1. The van der Waals surface area contributed by atoms with Crippen LogP contribution >= 0.6 is 11.3 Å². The summed E-state index contributed by atoms with van der Waals surface area (Å²) in [5.74, 6) is 0. The van der Waals surface area contributed by atoms with Crippen LogP contribution in [0.2, 0.25) is 0 Å². The van der Waals surface area contributed by atoms with Gasteiger partial charge in [0.2, 0.25) is 0 Å². The molecule has 1 heterocycles. The van der Waals surface area contributed by atoms with Gasteiger partial charge in [-0.3, -0.25) is 0 Å². The molecule has 1 aromatic heterocycles. The lowest BCUT2D eigenvalue weighted by molar-refractivity contribution is 0.0544. The smallest absolute Gasteiger partial charge is 0.0992 e. The fourth-order valence-electron chi connectivity index (χ4n) is 2.29. The van der Waals surface area contributed by atoms with Crippen LogP contribution in [0.1, 0.15) is 41.0 Å². The Morgan fingerprint density at radius 2 is 1.95 bits per heavy atom. The lowest BCUT2D eigenvalue weighted by Crippen LogP contribution is -2.36. The van der Waals surface area contributed by atoms with Gasteiger partial charge in [-0.2, -0.15) is 0 Å². The maximum absolute atomic E-state index is 10.6. The van der Waals surface area contributed by atoms with Crippen LogP contribution in [0.3, 0.4) is 0 Å². The summed E-state index contributed by atoms with van der Waals surface area (Å²) in [6.07, 6.45) is 0. The largest absolute Gasteiger partial charge is 0.384 e. The quantitative estimate of drug-likeness (QED) is 0.888. The Morgan fingerprint density at radius 3 is 2.50 bits per heavy atom. The van der Waals surface area contributed by atoms with E-state index in [-0.39, 0.29) is 6.04 Å². The van der Waals surface area contributed by atoms with E-state index in [1.807, 2.05) is 51.1 Å². The molecule has 1 aromatic carbocycles. The molecule has 0 fully saturated rings. The number of hydrogen-bond donors (Lipinski definition) is 2. The van der Waals surface area contributed by atoms with Gasteiger partial charge in [-0.05, 0) is 33.3 Å². The second-order valence-electron chi connectivity index (χ2n) is 5.43. The van der Waals surface area contributed by atoms with Crippen molar-refractivity contribution in [3.8, 4) is 0 Å². The van der Waals surface area contributed by atoms with Crippen molar-refractivity contribution in [1.29, 1.82) is 0 Å². The van der Waals surface area contributed by atoms with Gasteiger partial charge in [0.1, 0.15) is 0 Å². The van der Waals surface area contributed by atoms with E-state index in [1.165, 1.54) is 4.88 Å². The summed E-state index contributed by atoms with van der Waals surface area (Å²) in [4.78, 5) is 5.69. The summed E-state index contributed by atoms with van der Waals surface area (Å²) in [5.41, 5.74) is 1.13. The van der Waals surface area contributed by atoms with Crippen molar-refractivity contribution in [1.82, 2.24) is 10.3 Å². The normalized spacial score (nSPS) is 15.8. The minimum absolute atomic E-state index is 0.191. The zero-order valence-corrected chi connectivity index (χ0v) is 13.3. The molecule has 2 unspecified atom stereocenters. The molecule has 0 amide bonds. The molecule has 2 atom stereocenters. The molecule has 0 saturated heterocycles. The molecular formula is C16H22N2OS. The molecule has 0 aliphatic heterocycles. The number of rotatable bonds is 5. The van der Waals surface area contributed by atoms with Crippen molar-refractivity contribution < 1.29 is 5.11 Å². The fraction of sp³-hybridized carbons (Fsp3) is 0.438. The van der Waals surface area contributed by atoms with Crippen LogP contribution in [-0.4, -0.2) is 16.6 Å². The van der Waals surface area contributed by atoms with Crippen LogP contribution in [0, 0.1) is 13.8 Å². The first-order chi connectivity index (χ1) is 9.40. The summed E-state index contributed by atoms with van der Waals surface area (Å²) >= 11 is 1.71. The predicted octanol–water partition coefficient (Wildman–Crippen LogP) is 3.32. The zero-order chi connectivity index (χ0) is 14.8. The Hall–Kier alpha value is -1.23. The van der Waals surface area contributed by atoms with Gasteiger partial charge in [-0.15, -0.1) is 11.3 Å². The van der Waals surface area contributed by atoms with E-state index < -0.39 is 5.60 Å². The van der Waals surface area contributed by atoms with Gasteiger partial charge < -0.3 is 10.4 Å². The molecule has 0 radical (unpaired) electrons. The van der Waals surface area contributed by atoms with Crippen molar-refractivity contribution in [2.45, 2.75) is 39.3 Å². The molecule has 0 spiro atoms. The number of aliphatic hydroxyl groups is 1. The van der Waals surface area contributed by atoms with Crippen LogP contribution in [0.25, 0.3) is 0 Å². The number of thiazole rings is 1. The number of benzene rings is 1. The second kappa shape index (κ2) is 6.04. The van der Waals surface area contributed by atoms with Crippen LogP contribution in [0.15, 0.2) is 30.3 Å². The van der Waals surface area contributed by atoms with E-state index in [2.05, 4.69) is 17.2 Å². The topological polar surface area (TPSA) is 45.2 Å². The summed E-state index contributed by atoms with van der Waals surface area (Å²) in [6, 6.07) is 9.95. The number of aryl methyl sites for hydroxylation is 2. The highest BCUT2D eigenvalue weighted by Gasteiger charge is 2.24. The van der Waals surface area contributed by atoms with Crippen LogP contribution in [0.4, 0.5) is 0 Å². The van der Waals surface area contributed by atoms with Gasteiger partial charge in [0.05, 0.1) is 16.3 Å². The first-order valence-corrected chi connectivity index (χ1v) is 7.67. The van der Waals surface area contributed by atoms with E-state index >= 15 is 0 Å². The maximum atomic E-state index is 10.6. The Bertz CT molecular complexity index is 563. The Morgan fingerprint density at radius 1 is 1.30 bits per heavy atom. The lowest BCUT2D eigenvalue weighted by Gasteiger charge is -2.26. The summed E-state index contributed by atoms with van der Waals surface area (Å²) in [5, 5.41) is 15.1. The number of nitrogens with zero attached hydrogens (tertiary/aromatic N) is 1. The molecule has 0 aliphatic rings. The van der Waals surface area contributed by atoms with Crippen molar-refractivity contribution in [2.24, 2.45) is 0 Å². The SMILES string of the molecule is Cc1nc(C)c(C(C)NCC(C)(O)c2ccccc2)s1. The Balaban J connectivity index is 2.03. The average molecular weight is 290 g/mol. The highest BCUT2D eigenvalue weighted by molar-refractivity contribution is 7.11. The van der Waals surface area contributed by atoms with Crippen molar-refractivity contribution in [3.05, 3.63) is 51.5 Å². The number of hydrogen-bond acceptors (Lipinski definition) is 4. The third-order valence-electron chi connectivity index (χ3n) is 3.48. The summed E-state index contributed by atoms with van der Waals surface area (Å²) in [6.45, 7) is 8.52. The molecular weight excluding hydrogens is 268 g/mol. The van der Waals surface area contributed by atoms with E-state index in [4.69, 9.17) is 0 Å². The van der Waals surface area contributed by atoms with E-state index in [9.17, 15) is 5.11 Å². The fourth-order valence-corrected chi connectivity index (χ4v) is 3.25. The third kappa shape index (κ3) is 3.45. The number of nitrogens with one attached hydrogen (secondary N) is 1. The molecule has 3 nitrogen and oxygen atoms in total. The maximum Gasteiger partial charge on any atom is 0.0992 e. The molecule has 20 heavy (non-hydrogen) atoms. The van der Waals surface area contributed by atoms with Gasteiger partial charge in [0.25, 0.3) is 0 Å². The van der Waals surface area contributed by atoms with Gasteiger partial charge in [-0.1, -0.05) is 30.3 Å². The molecule has 0 bridgehead atoms. The van der Waals surface area contributed by atoms with E-state index in [0.29, 0.717) is 6.54 Å². The Labute approximate surface area is 124 Å². The molecule has 108 valence electrons. The predicted molar refractivity (Wildman–Crippen MR) is 84.0 cm³/mol.